The summed E-state index contributed by atoms with van der Waals surface area (Å²) in [5.41, 5.74) is 2.43. The van der Waals surface area contributed by atoms with E-state index in [2.05, 4.69) is 32.9 Å². The minimum Gasteiger partial charge on any atom is -0.458 e. The minimum absolute atomic E-state index is 0.113. The molecule has 0 saturated carbocycles. The molecule has 0 fully saturated rings. The van der Waals surface area contributed by atoms with Gasteiger partial charge in [0.2, 0.25) is 5.78 Å². The van der Waals surface area contributed by atoms with E-state index in [0.717, 1.165) is 11.3 Å². The van der Waals surface area contributed by atoms with Gasteiger partial charge in [-0.3, -0.25) is 4.79 Å². The highest BCUT2D eigenvalue weighted by Crippen LogP contribution is 2.22. The average Bonchev–Trinajstić information content (AvgIpc) is 2.82. The maximum absolute atomic E-state index is 11.9. The van der Waals surface area contributed by atoms with Crippen molar-refractivity contribution in [2.24, 2.45) is 0 Å². The molecule has 0 spiro atoms. The highest BCUT2D eigenvalue weighted by molar-refractivity contribution is 6.04. The molecule has 2 heteroatoms. The number of furan rings is 1. The molecule has 0 radical (unpaired) electrons. The fraction of sp³-hybridized carbons (Fsp3) is 0.278. The Morgan fingerprint density at radius 3 is 2.20 bits per heavy atom. The molecule has 1 heterocycles. The van der Waals surface area contributed by atoms with E-state index >= 15 is 0 Å². The number of ketones is 1. The Labute approximate surface area is 120 Å². The number of carbonyl (C=O) groups is 1. The number of hydrogen-bond acceptors (Lipinski definition) is 2. The van der Waals surface area contributed by atoms with E-state index in [1.54, 1.807) is 18.2 Å². The Balaban J connectivity index is 2.10. The van der Waals surface area contributed by atoms with E-state index in [0.29, 0.717) is 5.76 Å². The van der Waals surface area contributed by atoms with E-state index in [1.807, 2.05) is 25.1 Å². The van der Waals surface area contributed by atoms with Crippen molar-refractivity contribution in [1.29, 1.82) is 0 Å². The van der Waals surface area contributed by atoms with Gasteiger partial charge in [0.15, 0.2) is 5.76 Å². The molecule has 0 aliphatic rings. The molecule has 1 aromatic carbocycles. The Hall–Kier alpha value is -2.09. The number of aryl methyl sites for hydroxylation is 1. The molecule has 0 aliphatic heterocycles. The molecule has 0 N–H and O–H groups in total. The Bertz CT molecular complexity index is 622. The maximum Gasteiger partial charge on any atom is 0.221 e. The molecule has 0 saturated heterocycles. The SMILES string of the molecule is Cc1ccc(C(=O)/C=C/c2ccc(C(C)(C)C)cc2)o1. The molecule has 0 aliphatic carbocycles. The van der Waals surface area contributed by atoms with Crippen LogP contribution in [0, 0.1) is 6.92 Å². The molecule has 2 rings (SSSR count). The molecule has 0 amide bonds. The van der Waals surface area contributed by atoms with E-state index in [-0.39, 0.29) is 11.2 Å². The summed E-state index contributed by atoms with van der Waals surface area (Å²) in [5.74, 6) is 1.01. The Morgan fingerprint density at radius 1 is 1.05 bits per heavy atom. The second-order valence-electron chi connectivity index (χ2n) is 5.98. The minimum atomic E-state index is -0.113. The number of allylic oxidation sites excluding steroid dienone is 1. The Morgan fingerprint density at radius 2 is 1.70 bits per heavy atom. The summed E-state index contributed by atoms with van der Waals surface area (Å²) in [6.07, 6.45) is 3.36. The summed E-state index contributed by atoms with van der Waals surface area (Å²) >= 11 is 0. The molecule has 0 atom stereocenters. The molecule has 2 nitrogen and oxygen atoms in total. The summed E-state index contributed by atoms with van der Waals surface area (Å²) in [6.45, 7) is 8.37. The fourth-order valence-electron chi connectivity index (χ4n) is 1.92. The van der Waals surface area contributed by atoms with Gasteiger partial charge in [-0.25, -0.2) is 0 Å². The first-order valence-electron chi connectivity index (χ1n) is 6.76. The summed E-state index contributed by atoms with van der Waals surface area (Å²) in [4.78, 5) is 11.9. The molecule has 20 heavy (non-hydrogen) atoms. The smallest absolute Gasteiger partial charge is 0.221 e. The topological polar surface area (TPSA) is 30.2 Å². The standard InChI is InChI=1S/C18H20O2/c1-13-5-12-17(20-13)16(19)11-8-14-6-9-15(10-7-14)18(2,3)4/h5-12H,1-4H3/b11-8+. The summed E-state index contributed by atoms with van der Waals surface area (Å²) in [5, 5.41) is 0. The summed E-state index contributed by atoms with van der Waals surface area (Å²) < 4.78 is 5.30. The zero-order chi connectivity index (χ0) is 14.8. The van der Waals surface area contributed by atoms with E-state index in [1.165, 1.54) is 5.56 Å². The van der Waals surface area contributed by atoms with Crippen LogP contribution < -0.4 is 0 Å². The molecule has 1 aromatic heterocycles. The quantitative estimate of drug-likeness (QED) is 0.592. The van der Waals surface area contributed by atoms with Crippen LogP contribution in [0.1, 0.15) is 48.2 Å². The molecule has 0 bridgehead atoms. The van der Waals surface area contributed by atoms with Gasteiger partial charge < -0.3 is 4.42 Å². The molecule has 2 aromatic rings. The van der Waals surface area contributed by atoms with Gasteiger partial charge in [0.25, 0.3) is 0 Å². The van der Waals surface area contributed by atoms with Crippen molar-refractivity contribution >= 4 is 11.9 Å². The predicted octanol–water partition coefficient (Wildman–Crippen LogP) is 4.78. The van der Waals surface area contributed by atoms with Gasteiger partial charge in [-0.15, -0.1) is 0 Å². The van der Waals surface area contributed by atoms with Gasteiger partial charge in [-0.1, -0.05) is 51.1 Å². The first kappa shape index (κ1) is 14.3. The van der Waals surface area contributed by atoms with Gasteiger partial charge in [-0.2, -0.15) is 0 Å². The zero-order valence-corrected chi connectivity index (χ0v) is 12.4. The summed E-state index contributed by atoms with van der Waals surface area (Å²) in [7, 11) is 0. The van der Waals surface area contributed by atoms with Crippen LogP contribution >= 0.6 is 0 Å². The molecular weight excluding hydrogens is 248 g/mol. The third kappa shape index (κ3) is 3.47. The molecule has 0 unspecified atom stereocenters. The van der Waals surface area contributed by atoms with Crippen molar-refractivity contribution in [2.45, 2.75) is 33.1 Å². The number of benzene rings is 1. The van der Waals surface area contributed by atoms with Crippen LogP contribution in [-0.2, 0) is 5.41 Å². The van der Waals surface area contributed by atoms with E-state index < -0.39 is 0 Å². The van der Waals surface area contributed by atoms with Crippen molar-refractivity contribution in [1.82, 2.24) is 0 Å². The van der Waals surface area contributed by atoms with Gasteiger partial charge in [-0.05, 0) is 41.7 Å². The first-order valence-corrected chi connectivity index (χ1v) is 6.76. The van der Waals surface area contributed by atoms with Crippen LogP contribution in [0.2, 0.25) is 0 Å². The number of rotatable bonds is 3. The van der Waals surface area contributed by atoms with Crippen molar-refractivity contribution < 1.29 is 9.21 Å². The van der Waals surface area contributed by atoms with Crippen LogP contribution in [-0.4, -0.2) is 5.78 Å². The van der Waals surface area contributed by atoms with Crippen LogP contribution in [0.25, 0.3) is 6.08 Å². The lowest BCUT2D eigenvalue weighted by atomic mass is 9.87. The van der Waals surface area contributed by atoms with Crippen LogP contribution in [0.3, 0.4) is 0 Å². The first-order chi connectivity index (χ1) is 9.36. The van der Waals surface area contributed by atoms with Crippen molar-refractivity contribution in [3.63, 3.8) is 0 Å². The second-order valence-corrected chi connectivity index (χ2v) is 5.98. The van der Waals surface area contributed by atoms with Crippen molar-refractivity contribution in [2.75, 3.05) is 0 Å². The monoisotopic (exact) mass is 268 g/mol. The highest BCUT2D eigenvalue weighted by atomic mass is 16.3. The number of hydrogen-bond donors (Lipinski definition) is 0. The van der Waals surface area contributed by atoms with Gasteiger partial charge >= 0.3 is 0 Å². The fourth-order valence-corrected chi connectivity index (χ4v) is 1.92. The normalized spacial score (nSPS) is 12.0. The zero-order valence-electron chi connectivity index (χ0n) is 12.4. The lowest BCUT2D eigenvalue weighted by Crippen LogP contribution is -2.10. The number of carbonyl (C=O) groups excluding carboxylic acids is 1. The predicted molar refractivity (Wildman–Crippen MR) is 82.0 cm³/mol. The molecular formula is C18H20O2. The lowest BCUT2D eigenvalue weighted by molar-refractivity contribution is 0.102. The third-order valence-corrected chi connectivity index (χ3v) is 3.19. The van der Waals surface area contributed by atoms with Gasteiger partial charge in [0, 0.05) is 0 Å². The van der Waals surface area contributed by atoms with Gasteiger partial charge in [0.05, 0.1) is 0 Å². The van der Waals surface area contributed by atoms with Crippen molar-refractivity contribution in [3.05, 3.63) is 65.1 Å². The highest BCUT2D eigenvalue weighted by Gasteiger charge is 2.12. The van der Waals surface area contributed by atoms with Crippen LogP contribution in [0.5, 0.6) is 0 Å². The largest absolute Gasteiger partial charge is 0.458 e. The third-order valence-electron chi connectivity index (χ3n) is 3.19. The van der Waals surface area contributed by atoms with E-state index in [4.69, 9.17) is 4.42 Å². The van der Waals surface area contributed by atoms with Gasteiger partial charge in [0.1, 0.15) is 5.76 Å². The maximum atomic E-state index is 11.9. The lowest BCUT2D eigenvalue weighted by Gasteiger charge is -2.18. The van der Waals surface area contributed by atoms with Crippen LogP contribution in [0.15, 0.2) is 46.9 Å². The second kappa shape index (κ2) is 5.49. The summed E-state index contributed by atoms with van der Waals surface area (Å²) in [6, 6.07) is 11.7. The van der Waals surface area contributed by atoms with Crippen LogP contribution in [0.4, 0.5) is 0 Å². The molecule has 104 valence electrons. The van der Waals surface area contributed by atoms with Crippen molar-refractivity contribution in [3.8, 4) is 0 Å². The average molecular weight is 268 g/mol. The Kier molecular flexibility index (Phi) is 3.93. The van der Waals surface area contributed by atoms with E-state index in [9.17, 15) is 4.79 Å².